The maximum Gasteiger partial charge on any atom is 0.178 e. The molecule has 0 aliphatic carbocycles. The fourth-order valence-corrected chi connectivity index (χ4v) is 5.39. The minimum atomic E-state index is 0.197. The summed E-state index contributed by atoms with van der Waals surface area (Å²) in [6, 6.07) is 8.70. The van der Waals surface area contributed by atoms with Gasteiger partial charge in [-0.1, -0.05) is 12.1 Å². The minimum absolute atomic E-state index is 0.197. The quantitative estimate of drug-likeness (QED) is 0.286. The van der Waals surface area contributed by atoms with Gasteiger partial charge >= 0.3 is 0 Å². The number of ether oxygens (including phenoxy) is 1. The van der Waals surface area contributed by atoms with E-state index >= 15 is 0 Å². The Bertz CT molecular complexity index is 1310. The normalized spacial score (nSPS) is 15.5. The molecule has 178 valence electrons. The smallest absolute Gasteiger partial charge is 0.178 e. The molecule has 0 unspecified atom stereocenters. The molecular formula is C27H33N5O2. The van der Waals surface area contributed by atoms with Crippen LogP contribution in [0.5, 0.6) is 0 Å². The van der Waals surface area contributed by atoms with E-state index in [1.165, 1.54) is 0 Å². The SMILES string of the molecule is CCOCCn1cc(C(=O)CN2CCC(n3c(C)nc4cnccc43)CC2)c2c(C)cccc21. The number of likely N-dealkylation sites (tertiary alicyclic amines) is 1. The number of imidazole rings is 1. The molecule has 3 aromatic heterocycles. The number of aryl methyl sites for hydroxylation is 2. The van der Waals surface area contributed by atoms with Crippen LogP contribution in [-0.4, -0.2) is 62.6 Å². The van der Waals surface area contributed by atoms with Crippen molar-refractivity contribution in [3.05, 3.63) is 59.8 Å². The molecule has 1 saturated heterocycles. The van der Waals surface area contributed by atoms with E-state index in [4.69, 9.17) is 4.74 Å². The summed E-state index contributed by atoms with van der Waals surface area (Å²) in [6.45, 7) is 10.5. The lowest BCUT2D eigenvalue weighted by molar-refractivity contribution is 0.0899. The number of fused-ring (bicyclic) bond motifs is 2. The number of nitrogens with zero attached hydrogens (tertiary/aromatic N) is 5. The van der Waals surface area contributed by atoms with Gasteiger partial charge in [-0.05, 0) is 51.3 Å². The van der Waals surface area contributed by atoms with E-state index in [2.05, 4.69) is 62.1 Å². The number of piperidine rings is 1. The van der Waals surface area contributed by atoms with E-state index < -0.39 is 0 Å². The molecule has 0 atom stereocenters. The Morgan fingerprint density at radius 3 is 2.76 bits per heavy atom. The zero-order chi connectivity index (χ0) is 23.7. The second-order valence-corrected chi connectivity index (χ2v) is 9.23. The highest BCUT2D eigenvalue weighted by Gasteiger charge is 2.26. The van der Waals surface area contributed by atoms with Crippen LogP contribution in [-0.2, 0) is 11.3 Å². The Hall–Kier alpha value is -3.03. The molecule has 0 amide bonds. The summed E-state index contributed by atoms with van der Waals surface area (Å²) in [6.07, 6.45) is 7.72. The number of Topliss-reactive ketones (excluding diaryl/α,β-unsaturated/α-hetero) is 1. The first-order chi connectivity index (χ1) is 16.6. The van der Waals surface area contributed by atoms with Crippen molar-refractivity contribution >= 4 is 27.7 Å². The minimum Gasteiger partial charge on any atom is -0.380 e. The number of pyridine rings is 1. The van der Waals surface area contributed by atoms with Gasteiger partial charge in [0.25, 0.3) is 0 Å². The van der Waals surface area contributed by atoms with Crippen molar-refractivity contribution in [1.82, 2.24) is 24.0 Å². The highest BCUT2D eigenvalue weighted by Crippen LogP contribution is 2.29. The number of ketones is 1. The summed E-state index contributed by atoms with van der Waals surface area (Å²) in [5.74, 6) is 1.23. The maximum absolute atomic E-state index is 13.5. The van der Waals surface area contributed by atoms with Crippen LogP contribution in [0.2, 0.25) is 0 Å². The monoisotopic (exact) mass is 459 g/mol. The Morgan fingerprint density at radius 1 is 1.15 bits per heavy atom. The Kier molecular flexibility index (Phi) is 6.48. The number of carbonyl (C=O) groups is 1. The van der Waals surface area contributed by atoms with E-state index in [9.17, 15) is 4.79 Å². The predicted molar refractivity (Wildman–Crippen MR) is 134 cm³/mol. The van der Waals surface area contributed by atoms with Crippen LogP contribution in [0.1, 0.15) is 47.6 Å². The zero-order valence-corrected chi connectivity index (χ0v) is 20.3. The van der Waals surface area contributed by atoms with E-state index in [0.717, 1.165) is 71.4 Å². The lowest BCUT2D eigenvalue weighted by Gasteiger charge is -2.33. The van der Waals surface area contributed by atoms with Crippen LogP contribution in [0.3, 0.4) is 0 Å². The third-order valence-electron chi connectivity index (χ3n) is 7.05. The molecule has 34 heavy (non-hydrogen) atoms. The molecule has 0 radical (unpaired) electrons. The fourth-order valence-electron chi connectivity index (χ4n) is 5.39. The van der Waals surface area contributed by atoms with Gasteiger partial charge in [0.05, 0.1) is 24.9 Å². The second-order valence-electron chi connectivity index (χ2n) is 9.23. The van der Waals surface area contributed by atoms with Gasteiger partial charge in [0.1, 0.15) is 11.3 Å². The van der Waals surface area contributed by atoms with Crippen molar-refractivity contribution in [3.8, 4) is 0 Å². The standard InChI is InChI=1S/C27H33N5O2/c1-4-34-15-14-31-17-22(27-19(2)6-5-7-25(27)31)26(33)18-30-12-9-21(10-13-30)32-20(3)29-23-16-28-11-8-24(23)32/h5-8,11,16-17,21H,4,9-10,12-15,18H2,1-3H3. The molecule has 4 aromatic rings. The lowest BCUT2D eigenvalue weighted by atomic mass is 10.0. The first-order valence-electron chi connectivity index (χ1n) is 12.3. The topological polar surface area (TPSA) is 65.2 Å². The molecule has 1 aliphatic rings. The molecule has 1 aromatic carbocycles. The van der Waals surface area contributed by atoms with Gasteiger partial charge in [-0.25, -0.2) is 4.98 Å². The average molecular weight is 460 g/mol. The summed E-state index contributed by atoms with van der Waals surface area (Å²) < 4.78 is 10.1. The van der Waals surface area contributed by atoms with E-state index in [0.29, 0.717) is 25.8 Å². The molecule has 4 heterocycles. The molecule has 0 bridgehead atoms. The number of benzene rings is 1. The summed E-state index contributed by atoms with van der Waals surface area (Å²) in [5, 5.41) is 1.08. The van der Waals surface area contributed by atoms with E-state index in [1.54, 1.807) is 0 Å². The van der Waals surface area contributed by atoms with Crippen molar-refractivity contribution < 1.29 is 9.53 Å². The second kappa shape index (κ2) is 9.68. The highest BCUT2D eigenvalue weighted by atomic mass is 16.5. The van der Waals surface area contributed by atoms with Gasteiger partial charge in [-0.15, -0.1) is 0 Å². The molecular weight excluding hydrogens is 426 g/mol. The van der Waals surface area contributed by atoms with Crippen LogP contribution in [0.25, 0.3) is 21.9 Å². The molecule has 0 saturated carbocycles. The molecule has 1 fully saturated rings. The highest BCUT2D eigenvalue weighted by molar-refractivity contribution is 6.10. The van der Waals surface area contributed by atoms with Gasteiger partial charge in [-0.3, -0.25) is 14.7 Å². The molecule has 0 N–H and O–H groups in total. The summed E-state index contributed by atoms with van der Waals surface area (Å²) in [4.78, 5) is 24.6. The first-order valence-corrected chi connectivity index (χ1v) is 12.3. The zero-order valence-electron chi connectivity index (χ0n) is 20.3. The van der Waals surface area contributed by atoms with Crippen LogP contribution < -0.4 is 0 Å². The van der Waals surface area contributed by atoms with Gasteiger partial charge in [0.15, 0.2) is 5.78 Å². The first kappa shape index (κ1) is 22.7. The van der Waals surface area contributed by atoms with Crippen molar-refractivity contribution in [3.63, 3.8) is 0 Å². The lowest BCUT2D eigenvalue weighted by Crippen LogP contribution is -2.38. The third-order valence-corrected chi connectivity index (χ3v) is 7.05. The average Bonchev–Trinajstić information content (AvgIpc) is 3.38. The number of hydrogen-bond acceptors (Lipinski definition) is 5. The molecule has 0 spiro atoms. The predicted octanol–water partition coefficient (Wildman–Crippen LogP) is 4.56. The van der Waals surface area contributed by atoms with Crippen molar-refractivity contribution in [2.45, 2.75) is 46.2 Å². The van der Waals surface area contributed by atoms with Crippen LogP contribution >= 0.6 is 0 Å². The molecule has 7 nitrogen and oxygen atoms in total. The largest absolute Gasteiger partial charge is 0.380 e. The van der Waals surface area contributed by atoms with Gasteiger partial charge in [0, 0.05) is 61.1 Å². The Morgan fingerprint density at radius 2 is 1.97 bits per heavy atom. The van der Waals surface area contributed by atoms with Gasteiger partial charge < -0.3 is 13.9 Å². The van der Waals surface area contributed by atoms with Crippen molar-refractivity contribution in [2.24, 2.45) is 0 Å². The van der Waals surface area contributed by atoms with Crippen molar-refractivity contribution in [2.75, 3.05) is 32.8 Å². The number of hydrogen-bond donors (Lipinski definition) is 0. The van der Waals surface area contributed by atoms with E-state index in [-0.39, 0.29) is 5.78 Å². The van der Waals surface area contributed by atoms with Crippen molar-refractivity contribution in [1.29, 1.82) is 0 Å². The van der Waals surface area contributed by atoms with Crippen LogP contribution in [0.15, 0.2) is 42.9 Å². The number of rotatable bonds is 8. The summed E-state index contributed by atoms with van der Waals surface area (Å²) in [5.41, 5.74) is 5.19. The molecule has 7 heteroatoms. The maximum atomic E-state index is 13.5. The summed E-state index contributed by atoms with van der Waals surface area (Å²) in [7, 11) is 0. The number of carbonyl (C=O) groups excluding carboxylic acids is 1. The Balaban J connectivity index is 1.30. The third kappa shape index (κ3) is 4.26. The van der Waals surface area contributed by atoms with Gasteiger partial charge in [-0.2, -0.15) is 0 Å². The number of aromatic nitrogens is 4. The van der Waals surface area contributed by atoms with E-state index in [1.807, 2.05) is 25.5 Å². The van der Waals surface area contributed by atoms with Crippen LogP contribution in [0.4, 0.5) is 0 Å². The van der Waals surface area contributed by atoms with Crippen LogP contribution in [0, 0.1) is 13.8 Å². The summed E-state index contributed by atoms with van der Waals surface area (Å²) >= 11 is 0. The Labute approximate surface area is 200 Å². The van der Waals surface area contributed by atoms with Gasteiger partial charge in [0.2, 0.25) is 0 Å². The molecule has 5 rings (SSSR count). The fraction of sp³-hybridized carbons (Fsp3) is 0.444. The molecule has 1 aliphatic heterocycles.